The number of hydrogen-bond acceptors (Lipinski definition) is 3. The second-order valence-corrected chi connectivity index (χ2v) is 6.10. The second-order valence-electron chi connectivity index (χ2n) is 6.10. The molecule has 2 heterocycles. The summed E-state index contributed by atoms with van der Waals surface area (Å²) in [6, 6.07) is 0. The van der Waals surface area contributed by atoms with Gasteiger partial charge in [-0.1, -0.05) is 6.92 Å². The summed E-state index contributed by atoms with van der Waals surface area (Å²) in [7, 11) is 0. The van der Waals surface area contributed by atoms with Gasteiger partial charge in [-0.05, 0) is 39.0 Å². The highest BCUT2D eigenvalue weighted by Gasteiger charge is 2.28. The Morgan fingerprint density at radius 1 is 1.27 bits per heavy atom. The minimum atomic E-state index is -0.752. The molecule has 1 N–H and O–H groups in total. The molecular formula is C16H25N3O3. The van der Waals surface area contributed by atoms with Crippen molar-refractivity contribution in [3.63, 3.8) is 0 Å². The van der Waals surface area contributed by atoms with Crippen molar-refractivity contribution >= 4 is 11.9 Å². The van der Waals surface area contributed by atoms with Crippen molar-refractivity contribution in [2.75, 3.05) is 13.1 Å². The molecule has 0 unspecified atom stereocenters. The average Bonchev–Trinajstić information content (AvgIpc) is 2.73. The van der Waals surface area contributed by atoms with E-state index in [1.54, 1.807) is 0 Å². The van der Waals surface area contributed by atoms with Gasteiger partial charge in [0.05, 0.1) is 11.3 Å². The minimum Gasteiger partial charge on any atom is -0.481 e. The van der Waals surface area contributed by atoms with E-state index in [0.29, 0.717) is 18.7 Å². The second kappa shape index (κ2) is 6.94. The lowest BCUT2D eigenvalue weighted by Gasteiger charge is -2.31. The molecule has 2 rings (SSSR count). The summed E-state index contributed by atoms with van der Waals surface area (Å²) >= 11 is 0. The Kier molecular flexibility index (Phi) is 5.21. The fraction of sp³-hybridized carbons (Fsp3) is 0.688. The van der Waals surface area contributed by atoms with Gasteiger partial charge >= 0.3 is 5.97 Å². The summed E-state index contributed by atoms with van der Waals surface area (Å²) in [5, 5.41) is 13.3. The van der Waals surface area contributed by atoms with Crippen molar-refractivity contribution in [1.29, 1.82) is 0 Å². The molecule has 1 aromatic heterocycles. The van der Waals surface area contributed by atoms with E-state index in [0.717, 1.165) is 37.2 Å². The molecule has 0 aliphatic carbocycles. The van der Waals surface area contributed by atoms with E-state index in [1.165, 1.54) is 0 Å². The number of rotatable bonds is 5. The van der Waals surface area contributed by atoms with Gasteiger partial charge in [-0.25, -0.2) is 0 Å². The molecule has 6 heteroatoms. The van der Waals surface area contributed by atoms with Crippen LogP contribution in [-0.2, 0) is 11.3 Å². The number of aryl methyl sites for hydroxylation is 2. The minimum absolute atomic E-state index is 0.0335. The average molecular weight is 307 g/mol. The quantitative estimate of drug-likeness (QED) is 0.905. The van der Waals surface area contributed by atoms with Gasteiger partial charge in [0, 0.05) is 31.7 Å². The number of piperidine rings is 1. The van der Waals surface area contributed by atoms with Gasteiger partial charge in [0.25, 0.3) is 5.91 Å². The number of carbonyl (C=O) groups is 2. The highest BCUT2D eigenvalue weighted by molar-refractivity contribution is 5.96. The third kappa shape index (κ3) is 3.48. The van der Waals surface area contributed by atoms with Crippen molar-refractivity contribution in [3.05, 3.63) is 17.0 Å². The summed E-state index contributed by atoms with van der Waals surface area (Å²) < 4.78 is 1.90. The molecule has 0 saturated carbocycles. The molecule has 22 heavy (non-hydrogen) atoms. The number of nitrogens with zero attached hydrogens (tertiary/aromatic N) is 3. The van der Waals surface area contributed by atoms with Gasteiger partial charge in [0.2, 0.25) is 0 Å². The van der Waals surface area contributed by atoms with Crippen LogP contribution in [0, 0.1) is 19.8 Å². The third-order valence-electron chi connectivity index (χ3n) is 4.40. The van der Waals surface area contributed by atoms with Crippen LogP contribution in [-0.4, -0.2) is 44.8 Å². The molecule has 1 aromatic rings. The number of aromatic nitrogens is 2. The molecule has 1 aliphatic heterocycles. The topological polar surface area (TPSA) is 75.4 Å². The first kappa shape index (κ1) is 16.5. The normalized spacial score (nSPS) is 16.0. The molecule has 0 radical (unpaired) electrons. The molecule has 1 saturated heterocycles. The van der Waals surface area contributed by atoms with E-state index in [1.807, 2.05) is 23.4 Å². The summed E-state index contributed by atoms with van der Waals surface area (Å²) in [6.07, 6.45) is 2.71. The largest absolute Gasteiger partial charge is 0.481 e. The zero-order valence-electron chi connectivity index (χ0n) is 13.6. The molecule has 1 aliphatic rings. The van der Waals surface area contributed by atoms with E-state index in [-0.39, 0.29) is 18.2 Å². The fourth-order valence-electron chi connectivity index (χ4n) is 3.18. The Morgan fingerprint density at radius 2 is 1.91 bits per heavy atom. The number of carbonyl (C=O) groups excluding carboxylic acids is 1. The number of amides is 1. The summed E-state index contributed by atoms with van der Waals surface area (Å²) in [5.41, 5.74) is 2.42. The van der Waals surface area contributed by atoms with Crippen LogP contribution in [0.15, 0.2) is 0 Å². The standard InChI is InChI=1S/C16H25N3O3/c1-4-7-19-12(3)15(11(2)17-19)16(22)18-8-5-13(6-9-18)10-14(20)21/h13H,4-10H2,1-3H3,(H,20,21). The first-order chi connectivity index (χ1) is 10.4. The van der Waals surface area contributed by atoms with Crippen molar-refractivity contribution in [2.45, 2.75) is 53.0 Å². The van der Waals surface area contributed by atoms with Crippen LogP contribution < -0.4 is 0 Å². The zero-order chi connectivity index (χ0) is 16.3. The molecule has 0 bridgehead atoms. The molecule has 1 amide bonds. The Labute approximate surface area is 131 Å². The van der Waals surface area contributed by atoms with Crippen LogP contribution in [0.5, 0.6) is 0 Å². The number of aliphatic carboxylic acids is 1. The first-order valence-corrected chi connectivity index (χ1v) is 7.99. The molecule has 1 fully saturated rings. The van der Waals surface area contributed by atoms with Crippen molar-refractivity contribution in [3.8, 4) is 0 Å². The van der Waals surface area contributed by atoms with Crippen molar-refractivity contribution in [2.24, 2.45) is 5.92 Å². The number of hydrogen-bond donors (Lipinski definition) is 1. The Bertz CT molecular complexity index is 557. The van der Waals surface area contributed by atoms with E-state index in [2.05, 4.69) is 12.0 Å². The summed E-state index contributed by atoms with van der Waals surface area (Å²) in [6.45, 7) is 8.00. The maximum Gasteiger partial charge on any atom is 0.303 e. The maximum absolute atomic E-state index is 12.7. The van der Waals surface area contributed by atoms with E-state index in [4.69, 9.17) is 5.11 Å². The van der Waals surface area contributed by atoms with E-state index < -0.39 is 5.97 Å². The van der Waals surface area contributed by atoms with Crippen molar-refractivity contribution in [1.82, 2.24) is 14.7 Å². The first-order valence-electron chi connectivity index (χ1n) is 7.99. The van der Waals surface area contributed by atoms with Crippen LogP contribution in [0.3, 0.4) is 0 Å². The Balaban J connectivity index is 2.05. The van der Waals surface area contributed by atoms with Crippen LogP contribution in [0.1, 0.15) is 54.4 Å². The van der Waals surface area contributed by atoms with Crippen LogP contribution in [0.4, 0.5) is 0 Å². The Hall–Kier alpha value is -1.85. The molecule has 0 spiro atoms. The number of carboxylic acid groups (broad SMARTS) is 1. The lowest BCUT2D eigenvalue weighted by atomic mass is 9.93. The summed E-state index contributed by atoms with van der Waals surface area (Å²) in [5.74, 6) is -0.532. The van der Waals surface area contributed by atoms with Gasteiger partial charge in [0.15, 0.2) is 0 Å². The van der Waals surface area contributed by atoms with Gasteiger partial charge in [-0.2, -0.15) is 5.10 Å². The number of likely N-dealkylation sites (tertiary alicyclic amines) is 1. The highest BCUT2D eigenvalue weighted by atomic mass is 16.4. The molecule has 122 valence electrons. The predicted octanol–water partition coefficient (Wildman–Crippen LogP) is 2.24. The van der Waals surface area contributed by atoms with Gasteiger partial charge in [-0.15, -0.1) is 0 Å². The molecule has 6 nitrogen and oxygen atoms in total. The van der Waals surface area contributed by atoms with Crippen LogP contribution in [0.2, 0.25) is 0 Å². The van der Waals surface area contributed by atoms with Crippen molar-refractivity contribution < 1.29 is 14.7 Å². The van der Waals surface area contributed by atoms with E-state index in [9.17, 15) is 9.59 Å². The third-order valence-corrected chi connectivity index (χ3v) is 4.40. The molecule has 0 atom stereocenters. The smallest absolute Gasteiger partial charge is 0.303 e. The highest BCUT2D eigenvalue weighted by Crippen LogP contribution is 2.23. The van der Waals surface area contributed by atoms with Gasteiger partial charge in [-0.3, -0.25) is 14.3 Å². The number of carboxylic acids is 1. The predicted molar refractivity (Wildman–Crippen MR) is 82.9 cm³/mol. The zero-order valence-corrected chi connectivity index (χ0v) is 13.6. The Morgan fingerprint density at radius 3 is 2.45 bits per heavy atom. The van der Waals surface area contributed by atoms with Crippen LogP contribution >= 0.6 is 0 Å². The fourth-order valence-corrected chi connectivity index (χ4v) is 3.18. The lowest BCUT2D eigenvalue weighted by Crippen LogP contribution is -2.39. The monoisotopic (exact) mass is 307 g/mol. The molecule has 0 aromatic carbocycles. The summed E-state index contributed by atoms with van der Waals surface area (Å²) in [4.78, 5) is 25.3. The maximum atomic E-state index is 12.7. The SMILES string of the molecule is CCCn1nc(C)c(C(=O)N2CCC(CC(=O)O)CC2)c1C. The van der Waals surface area contributed by atoms with Crippen LogP contribution in [0.25, 0.3) is 0 Å². The van der Waals surface area contributed by atoms with Gasteiger partial charge < -0.3 is 10.0 Å². The van der Waals surface area contributed by atoms with E-state index >= 15 is 0 Å². The van der Waals surface area contributed by atoms with Gasteiger partial charge in [0.1, 0.15) is 0 Å². The molecular weight excluding hydrogens is 282 g/mol. The lowest BCUT2D eigenvalue weighted by molar-refractivity contribution is -0.138.